The highest BCUT2D eigenvalue weighted by Crippen LogP contribution is 2.49. The average molecular weight is 413 g/mol. The van der Waals surface area contributed by atoms with Crippen molar-refractivity contribution in [1.29, 1.82) is 0 Å². The number of fused-ring (bicyclic) bond motifs is 1. The molecule has 29 heavy (non-hydrogen) atoms. The van der Waals surface area contributed by atoms with Crippen molar-refractivity contribution in [2.75, 3.05) is 11.9 Å². The van der Waals surface area contributed by atoms with E-state index in [9.17, 15) is 14.4 Å². The lowest BCUT2D eigenvalue weighted by Gasteiger charge is -2.18. The molecule has 2 aliphatic carbocycles. The smallest absolute Gasteiger partial charge is 0.317 e. The molecule has 0 bridgehead atoms. The summed E-state index contributed by atoms with van der Waals surface area (Å²) in [5.41, 5.74) is 7.22. The lowest BCUT2D eigenvalue weighted by Crippen LogP contribution is -2.28. The number of amides is 2. The second kappa shape index (κ2) is 7.63. The Morgan fingerprint density at radius 1 is 1.24 bits per heavy atom. The van der Waals surface area contributed by atoms with Gasteiger partial charge < -0.3 is 15.8 Å². The molecule has 2 aliphatic rings. The van der Waals surface area contributed by atoms with Crippen molar-refractivity contribution in [2.45, 2.75) is 44.4 Å². The van der Waals surface area contributed by atoms with Gasteiger partial charge in [0.15, 0.2) is 6.61 Å². The molecule has 0 saturated heterocycles. The summed E-state index contributed by atoms with van der Waals surface area (Å²) in [6, 6.07) is 9.49. The predicted octanol–water partition coefficient (Wildman–Crippen LogP) is 3.19. The Hall–Kier alpha value is -2.67. The summed E-state index contributed by atoms with van der Waals surface area (Å²) >= 11 is 1.40. The van der Waals surface area contributed by atoms with Gasteiger partial charge in [0.1, 0.15) is 5.00 Å². The lowest BCUT2D eigenvalue weighted by molar-refractivity contribution is -0.150. The van der Waals surface area contributed by atoms with Crippen molar-refractivity contribution in [3.8, 4) is 0 Å². The fourth-order valence-electron chi connectivity index (χ4n) is 4.02. The second-order valence-corrected chi connectivity index (χ2v) is 9.10. The van der Waals surface area contributed by atoms with Crippen LogP contribution in [0.1, 0.15) is 52.5 Å². The summed E-state index contributed by atoms with van der Waals surface area (Å²) < 4.78 is 5.31. The van der Waals surface area contributed by atoms with Crippen molar-refractivity contribution < 1.29 is 19.1 Å². The molecule has 0 aliphatic heterocycles. The molecule has 3 N–H and O–H groups in total. The Bertz CT molecular complexity index is 963. The van der Waals surface area contributed by atoms with Gasteiger partial charge in [-0.1, -0.05) is 37.3 Å². The molecule has 0 spiro atoms. The Labute approximate surface area is 173 Å². The van der Waals surface area contributed by atoms with E-state index >= 15 is 0 Å². The van der Waals surface area contributed by atoms with Crippen molar-refractivity contribution in [3.63, 3.8) is 0 Å². The van der Waals surface area contributed by atoms with Crippen LogP contribution in [0.2, 0.25) is 0 Å². The Kier molecular flexibility index (Phi) is 5.17. The van der Waals surface area contributed by atoms with Crippen LogP contribution in [0.3, 0.4) is 0 Å². The van der Waals surface area contributed by atoms with Gasteiger partial charge in [0, 0.05) is 4.88 Å². The number of anilines is 1. The first-order valence-electron chi connectivity index (χ1n) is 9.87. The summed E-state index contributed by atoms with van der Waals surface area (Å²) in [4.78, 5) is 38.1. The molecule has 0 unspecified atom stereocenters. The normalized spacial score (nSPS) is 19.1. The van der Waals surface area contributed by atoms with E-state index in [0.29, 0.717) is 16.5 Å². The van der Waals surface area contributed by atoms with Crippen molar-refractivity contribution in [2.24, 2.45) is 11.7 Å². The van der Waals surface area contributed by atoms with Gasteiger partial charge in [0.05, 0.1) is 11.0 Å². The first-order chi connectivity index (χ1) is 13.9. The van der Waals surface area contributed by atoms with E-state index in [1.54, 1.807) is 0 Å². The van der Waals surface area contributed by atoms with E-state index < -0.39 is 17.2 Å². The summed E-state index contributed by atoms with van der Waals surface area (Å²) in [5, 5.41) is 3.19. The molecule has 152 valence electrons. The van der Waals surface area contributed by atoms with Gasteiger partial charge in [-0.2, -0.15) is 0 Å². The van der Waals surface area contributed by atoms with Gasteiger partial charge in [0.25, 0.3) is 11.8 Å². The third kappa shape index (κ3) is 3.79. The SMILES string of the molecule is C[C@@H]1CCc2c(sc(NC(=O)COC(=O)C3(c4ccccc4)CC3)c2C(N)=O)C1. The monoisotopic (exact) mass is 412 g/mol. The largest absolute Gasteiger partial charge is 0.455 e. The zero-order valence-corrected chi connectivity index (χ0v) is 17.1. The molecule has 7 heteroatoms. The number of hydrogen-bond donors (Lipinski definition) is 2. The van der Waals surface area contributed by atoms with E-state index in [1.807, 2.05) is 30.3 Å². The highest BCUT2D eigenvalue weighted by molar-refractivity contribution is 7.17. The summed E-state index contributed by atoms with van der Waals surface area (Å²) in [6.45, 7) is 1.79. The number of rotatable bonds is 6. The molecule has 2 aromatic rings. The number of ether oxygens (including phenoxy) is 1. The minimum absolute atomic E-state index is 0.381. The van der Waals surface area contributed by atoms with Crippen LogP contribution >= 0.6 is 11.3 Å². The molecule has 1 fully saturated rings. The van der Waals surface area contributed by atoms with Gasteiger partial charge in [0.2, 0.25) is 0 Å². The molecule has 1 saturated carbocycles. The van der Waals surface area contributed by atoms with Gasteiger partial charge >= 0.3 is 5.97 Å². The number of primary amides is 1. The zero-order valence-electron chi connectivity index (χ0n) is 16.3. The van der Waals surface area contributed by atoms with E-state index in [1.165, 1.54) is 11.3 Å². The van der Waals surface area contributed by atoms with Crippen LogP contribution in [0.5, 0.6) is 0 Å². The van der Waals surface area contributed by atoms with Gasteiger partial charge in [-0.15, -0.1) is 11.3 Å². The van der Waals surface area contributed by atoms with Crippen LogP contribution in [0.4, 0.5) is 5.00 Å². The number of carbonyl (C=O) groups is 3. The molecule has 0 radical (unpaired) electrons. The number of nitrogens with two attached hydrogens (primary N) is 1. The average Bonchev–Trinajstić information content (AvgIpc) is 3.43. The van der Waals surface area contributed by atoms with E-state index in [2.05, 4.69) is 12.2 Å². The number of esters is 1. The van der Waals surface area contributed by atoms with Gasteiger partial charge in [-0.05, 0) is 49.1 Å². The van der Waals surface area contributed by atoms with Gasteiger partial charge in [-0.25, -0.2) is 0 Å². The highest BCUT2D eigenvalue weighted by atomic mass is 32.1. The molecular formula is C22H24N2O4S. The van der Waals surface area contributed by atoms with Crippen LogP contribution in [-0.2, 0) is 32.6 Å². The van der Waals surface area contributed by atoms with E-state index in [0.717, 1.165) is 48.1 Å². The molecule has 1 atom stereocenters. The summed E-state index contributed by atoms with van der Waals surface area (Å²) in [6.07, 6.45) is 4.11. The van der Waals surface area contributed by atoms with Crippen LogP contribution in [0, 0.1) is 5.92 Å². The van der Waals surface area contributed by atoms with Crippen LogP contribution < -0.4 is 11.1 Å². The minimum atomic E-state index is -0.627. The Morgan fingerprint density at radius 3 is 2.62 bits per heavy atom. The van der Waals surface area contributed by atoms with Crippen LogP contribution in [0.25, 0.3) is 0 Å². The highest BCUT2D eigenvalue weighted by Gasteiger charge is 2.52. The third-order valence-corrected chi connectivity index (χ3v) is 6.98. The number of thiophene rings is 1. The van der Waals surface area contributed by atoms with Gasteiger partial charge in [-0.3, -0.25) is 14.4 Å². The van der Waals surface area contributed by atoms with E-state index in [4.69, 9.17) is 10.5 Å². The van der Waals surface area contributed by atoms with Crippen molar-refractivity contribution in [3.05, 3.63) is 51.9 Å². The molecule has 4 rings (SSSR count). The van der Waals surface area contributed by atoms with Crippen LogP contribution in [0.15, 0.2) is 30.3 Å². The van der Waals surface area contributed by atoms with Crippen LogP contribution in [-0.4, -0.2) is 24.4 Å². The molecule has 6 nitrogen and oxygen atoms in total. The molecule has 2 amide bonds. The summed E-state index contributed by atoms with van der Waals surface area (Å²) in [5.74, 6) is -0.839. The number of nitrogens with one attached hydrogen (secondary N) is 1. The second-order valence-electron chi connectivity index (χ2n) is 7.99. The maximum Gasteiger partial charge on any atom is 0.317 e. The molecule has 1 heterocycles. The third-order valence-electron chi connectivity index (χ3n) is 5.81. The minimum Gasteiger partial charge on any atom is -0.455 e. The topological polar surface area (TPSA) is 98.5 Å². The first-order valence-corrected chi connectivity index (χ1v) is 10.7. The maximum atomic E-state index is 12.6. The quantitative estimate of drug-likeness (QED) is 0.712. The fraction of sp³-hybridized carbons (Fsp3) is 0.409. The Morgan fingerprint density at radius 2 is 1.97 bits per heavy atom. The molecule has 1 aromatic heterocycles. The summed E-state index contributed by atoms with van der Waals surface area (Å²) in [7, 11) is 0. The van der Waals surface area contributed by atoms with Crippen molar-refractivity contribution >= 4 is 34.1 Å². The standard InChI is InChI=1S/C22H24N2O4S/c1-13-7-8-15-16(11-13)29-20(18(15)19(23)26)24-17(25)12-28-21(27)22(9-10-22)14-5-3-2-4-6-14/h2-6,13H,7-12H2,1H3,(H2,23,26)(H,24,25)/t13-/m1/s1. The number of benzene rings is 1. The zero-order chi connectivity index (χ0) is 20.6. The molecular weight excluding hydrogens is 388 g/mol. The lowest BCUT2D eigenvalue weighted by atomic mass is 9.88. The predicted molar refractivity (Wildman–Crippen MR) is 111 cm³/mol. The molecule has 1 aromatic carbocycles. The van der Waals surface area contributed by atoms with Crippen molar-refractivity contribution in [1.82, 2.24) is 0 Å². The maximum absolute atomic E-state index is 12.6. The number of hydrogen-bond acceptors (Lipinski definition) is 5. The first kappa shape index (κ1) is 19.6. The van der Waals surface area contributed by atoms with E-state index in [-0.39, 0.29) is 12.6 Å². The Balaban J connectivity index is 1.42. The fourth-order valence-corrected chi connectivity index (χ4v) is 5.46. The number of carbonyl (C=O) groups excluding carboxylic acids is 3.